The lowest BCUT2D eigenvalue weighted by Gasteiger charge is -2.08. The lowest BCUT2D eigenvalue weighted by molar-refractivity contribution is 0.0690. The van der Waals surface area contributed by atoms with Gasteiger partial charge in [-0.15, -0.1) is 0 Å². The molecule has 1 aromatic carbocycles. The normalized spacial score (nSPS) is 10.7. The zero-order valence-corrected chi connectivity index (χ0v) is 11.5. The molecule has 0 atom stereocenters. The van der Waals surface area contributed by atoms with Gasteiger partial charge in [-0.05, 0) is 49.6 Å². The molecule has 0 amide bonds. The van der Waals surface area contributed by atoms with E-state index in [-0.39, 0.29) is 5.69 Å². The Morgan fingerprint density at radius 1 is 1.21 bits per heavy atom. The topological polar surface area (TPSA) is 55.1 Å². The lowest BCUT2D eigenvalue weighted by Crippen LogP contribution is -2.04. The van der Waals surface area contributed by atoms with E-state index in [9.17, 15) is 4.79 Å². The number of rotatable bonds is 4. The van der Waals surface area contributed by atoms with Crippen molar-refractivity contribution in [3.8, 4) is 5.69 Å². The minimum Gasteiger partial charge on any atom is -0.476 e. The number of aromatic nitrogens is 2. The van der Waals surface area contributed by atoms with Gasteiger partial charge in [0.1, 0.15) is 0 Å². The van der Waals surface area contributed by atoms with Crippen LogP contribution in [0.2, 0.25) is 0 Å². The Morgan fingerprint density at radius 2 is 1.84 bits per heavy atom. The molecule has 0 bridgehead atoms. The van der Waals surface area contributed by atoms with Gasteiger partial charge < -0.3 is 5.11 Å². The molecule has 0 spiro atoms. The number of benzene rings is 1. The van der Waals surface area contributed by atoms with Crippen LogP contribution in [-0.4, -0.2) is 20.9 Å². The maximum absolute atomic E-state index is 11.1. The number of aromatic carboxylic acids is 1. The first-order valence-electron chi connectivity index (χ1n) is 6.42. The zero-order valence-electron chi connectivity index (χ0n) is 11.5. The van der Waals surface area contributed by atoms with E-state index in [0.29, 0.717) is 0 Å². The number of carboxylic acids is 1. The Hall–Kier alpha value is -2.10. The molecule has 1 aromatic heterocycles. The van der Waals surface area contributed by atoms with Crippen molar-refractivity contribution in [3.05, 3.63) is 46.8 Å². The van der Waals surface area contributed by atoms with Gasteiger partial charge in [-0.1, -0.05) is 19.4 Å². The summed E-state index contributed by atoms with van der Waals surface area (Å²) in [5, 5.41) is 13.3. The molecule has 2 aromatic rings. The molecule has 2 rings (SSSR count). The van der Waals surface area contributed by atoms with Crippen molar-refractivity contribution < 1.29 is 9.90 Å². The van der Waals surface area contributed by atoms with Crippen molar-refractivity contribution >= 4 is 5.97 Å². The molecule has 1 heterocycles. The van der Waals surface area contributed by atoms with Crippen LogP contribution in [0.5, 0.6) is 0 Å². The molecule has 0 fully saturated rings. The molecule has 0 saturated carbocycles. The first kappa shape index (κ1) is 13.3. The maximum Gasteiger partial charge on any atom is 0.356 e. The van der Waals surface area contributed by atoms with Gasteiger partial charge in [-0.3, -0.25) is 0 Å². The number of carbonyl (C=O) groups is 1. The highest BCUT2D eigenvalue weighted by molar-refractivity contribution is 5.85. The minimum absolute atomic E-state index is 0.0996. The fraction of sp³-hybridized carbons (Fsp3) is 0.333. The first-order chi connectivity index (χ1) is 9.01. The monoisotopic (exact) mass is 258 g/mol. The summed E-state index contributed by atoms with van der Waals surface area (Å²) in [6.07, 6.45) is 1.77. The van der Waals surface area contributed by atoms with Gasteiger partial charge in [-0.25, -0.2) is 9.48 Å². The molecule has 1 N–H and O–H groups in total. The third-order valence-electron chi connectivity index (χ3n) is 2.96. The van der Waals surface area contributed by atoms with Crippen molar-refractivity contribution in [1.82, 2.24) is 9.78 Å². The predicted molar refractivity (Wildman–Crippen MR) is 74.0 cm³/mol. The largest absolute Gasteiger partial charge is 0.476 e. The van der Waals surface area contributed by atoms with E-state index in [4.69, 9.17) is 5.11 Å². The molecule has 0 aliphatic heterocycles. The second-order valence-electron chi connectivity index (χ2n) is 4.83. The van der Waals surface area contributed by atoms with E-state index in [1.54, 1.807) is 10.7 Å². The van der Waals surface area contributed by atoms with Crippen molar-refractivity contribution in [2.45, 2.75) is 33.6 Å². The number of aryl methyl sites for hydroxylation is 3. The van der Waals surface area contributed by atoms with Crippen LogP contribution in [0, 0.1) is 13.8 Å². The Labute approximate surface area is 112 Å². The number of carboxylic acid groups (broad SMARTS) is 1. The molecule has 0 radical (unpaired) electrons. The van der Waals surface area contributed by atoms with E-state index in [0.717, 1.165) is 35.3 Å². The summed E-state index contributed by atoms with van der Waals surface area (Å²) in [6, 6.07) is 7.78. The average Bonchev–Trinajstić information content (AvgIpc) is 2.72. The van der Waals surface area contributed by atoms with Crippen molar-refractivity contribution in [2.24, 2.45) is 0 Å². The molecular weight excluding hydrogens is 240 g/mol. The standard InChI is InChI=1S/C15H18N2O2/c1-4-5-12-9-14(15(18)19)16-17(12)13-7-10(2)6-11(3)8-13/h6-9H,4-5H2,1-3H3,(H,18,19). The SMILES string of the molecule is CCCc1cc(C(=O)O)nn1-c1cc(C)cc(C)c1. The molecule has 0 saturated heterocycles. The van der Waals surface area contributed by atoms with Gasteiger partial charge in [0, 0.05) is 5.69 Å². The van der Waals surface area contributed by atoms with Gasteiger partial charge >= 0.3 is 5.97 Å². The van der Waals surface area contributed by atoms with E-state index in [2.05, 4.69) is 18.1 Å². The second kappa shape index (κ2) is 5.26. The van der Waals surface area contributed by atoms with Crippen LogP contribution in [0.4, 0.5) is 0 Å². The van der Waals surface area contributed by atoms with Crippen LogP contribution in [0.15, 0.2) is 24.3 Å². The smallest absolute Gasteiger partial charge is 0.356 e. The Bertz CT molecular complexity index is 594. The summed E-state index contributed by atoms with van der Waals surface area (Å²) < 4.78 is 1.74. The highest BCUT2D eigenvalue weighted by Crippen LogP contribution is 2.17. The number of nitrogens with zero attached hydrogens (tertiary/aromatic N) is 2. The van der Waals surface area contributed by atoms with Crippen molar-refractivity contribution in [3.63, 3.8) is 0 Å². The molecule has 0 unspecified atom stereocenters. The summed E-state index contributed by atoms with van der Waals surface area (Å²) in [4.78, 5) is 11.1. The summed E-state index contributed by atoms with van der Waals surface area (Å²) in [7, 11) is 0. The third kappa shape index (κ3) is 2.84. The maximum atomic E-state index is 11.1. The van der Waals surface area contributed by atoms with Gasteiger partial charge in [0.05, 0.1) is 5.69 Å². The average molecular weight is 258 g/mol. The molecule has 100 valence electrons. The lowest BCUT2D eigenvalue weighted by atomic mass is 10.1. The van der Waals surface area contributed by atoms with Gasteiger partial charge in [0.15, 0.2) is 5.69 Å². The van der Waals surface area contributed by atoms with Crippen molar-refractivity contribution in [1.29, 1.82) is 0 Å². The molecule has 4 nitrogen and oxygen atoms in total. The van der Waals surface area contributed by atoms with Gasteiger partial charge in [-0.2, -0.15) is 5.10 Å². The number of hydrogen-bond donors (Lipinski definition) is 1. The van der Waals surface area contributed by atoms with Gasteiger partial charge in [0.2, 0.25) is 0 Å². The van der Waals surface area contributed by atoms with E-state index >= 15 is 0 Å². The van der Waals surface area contributed by atoms with E-state index in [1.165, 1.54) is 0 Å². The summed E-state index contributed by atoms with van der Waals surface area (Å²) in [5.41, 5.74) is 4.25. The minimum atomic E-state index is -0.986. The molecule has 0 aliphatic carbocycles. The first-order valence-corrected chi connectivity index (χ1v) is 6.42. The van der Waals surface area contributed by atoms with Gasteiger partial charge in [0.25, 0.3) is 0 Å². The van der Waals surface area contributed by atoms with Crippen LogP contribution in [0.25, 0.3) is 5.69 Å². The molecule has 0 aliphatic rings. The highest BCUT2D eigenvalue weighted by atomic mass is 16.4. The van der Waals surface area contributed by atoms with Crippen LogP contribution >= 0.6 is 0 Å². The predicted octanol–water partition coefficient (Wildman–Crippen LogP) is 3.14. The highest BCUT2D eigenvalue weighted by Gasteiger charge is 2.14. The third-order valence-corrected chi connectivity index (χ3v) is 2.96. The Kier molecular flexibility index (Phi) is 3.69. The Morgan fingerprint density at radius 3 is 2.37 bits per heavy atom. The zero-order chi connectivity index (χ0) is 14.0. The van der Waals surface area contributed by atoms with E-state index in [1.807, 2.05) is 26.0 Å². The van der Waals surface area contributed by atoms with Crippen LogP contribution in [0.3, 0.4) is 0 Å². The quantitative estimate of drug-likeness (QED) is 0.916. The second-order valence-corrected chi connectivity index (χ2v) is 4.83. The van der Waals surface area contributed by atoms with Crippen LogP contribution < -0.4 is 0 Å². The Balaban J connectivity index is 2.55. The summed E-state index contributed by atoms with van der Waals surface area (Å²) >= 11 is 0. The molecule has 4 heteroatoms. The molecule has 19 heavy (non-hydrogen) atoms. The number of hydrogen-bond acceptors (Lipinski definition) is 2. The van der Waals surface area contributed by atoms with Crippen LogP contribution in [0.1, 0.15) is 40.7 Å². The fourth-order valence-corrected chi connectivity index (χ4v) is 2.25. The van der Waals surface area contributed by atoms with E-state index < -0.39 is 5.97 Å². The molecular formula is C15H18N2O2. The fourth-order valence-electron chi connectivity index (χ4n) is 2.25. The summed E-state index contributed by atoms with van der Waals surface area (Å²) in [6.45, 7) is 6.12. The summed E-state index contributed by atoms with van der Waals surface area (Å²) in [5.74, 6) is -0.986. The van der Waals surface area contributed by atoms with Crippen LogP contribution in [-0.2, 0) is 6.42 Å². The van der Waals surface area contributed by atoms with Crippen molar-refractivity contribution in [2.75, 3.05) is 0 Å².